The highest BCUT2D eigenvalue weighted by molar-refractivity contribution is 14.1. The highest BCUT2D eigenvalue weighted by Gasteiger charge is 2.36. The third-order valence-corrected chi connectivity index (χ3v) is 7.61. The normalized spacial score (nSPS) is 13.9. The van der Waals surface area contributed by atoms with E-state index in [-0.39, 0.29) is 18.1 Å². The maximum atomic E-state index is 13.0. The first-order valence-electron chi connectivity index (χ1n) is 11.8. The Hall–Kier alpha value is -3.82. The number of nitriles is 1. The second-order valence-electron chi connectivity index (χ2n) is 8.73. The zero-order valence-corrected chi connectivity index (χ0v) is 24.4. The van der Waals surface area contributed by atoms with Crippen LogP contribution >= 0.6 is 34.4 Å². The van der Waals surface area contributed by atoms with Crippen LogP contribution in [0.2, 0.25) is 0 Å². The van der Waals surface area contributed by atoms with Gasteiger partial charge in [-0.1, -0.05) is 30.3 Å². The fourth-order valence-electron chi connectivity index (χ4n) is 3.86. The number of imide groups is 1. The number of hydrogen-bond donors (Lipinski definition) is 1. The SMILES string of the molecule is COc1cc(/C=C2/SC(=O)N(CC(=O)Nc3cc(C)ccc3C)C2=O)cc(I)c1OCc1ccccc1C#N. The van der Waals surface area contributed by atoms with Crippen LogP contribution in [-0.2, 0) is 16.2 Å². The minimum atomic E-state index is -0.538. The van der Waals surface area contributed by atoms with Gasteiger partial charge in [0.1, 0.15) is 13.2 Å². The number of carbonyl (C=O) groups is 3. The fourth-order valence-corrected chi connectivity index (χ4v) is 5.48. The van der Waals surface area contributed by atoms with Gasteiger partial charge in [0.25, 0.3) is 11.1 Å². The van der Waals surface area contributed by atoms with Crippen molar-refractivity contribution in [1.82, 2.24) is 4.90 Å². The number of hydrogen-bond acceptors (Lipinski definition) is 7. The summed E-state index contributed by atoms with van der Waals surface area (Å²) < 4.78 is 12.2. The van der Waals surface area contributed by atoms with Gasteiger partial charge in [-0.3, -0.25) is 19.3 Å². The number of anilines is 1. The van der Waals surface area contributed by atoms with Crippen LogP contribution in [0.1, 0.15) is 27.8 Å². The summed E-state index contributed by atoms with van der Waals surface area (Å²) in [6.07, 6.45) is 1.59. The average molecular weight is 653 g/mol. The third-order valence-electron chi connectivity index (χ3n) is 5.90. The number of benzene rings is 3. The Kier molecular flexibility index (Phi) is 8.93. The predicted molar refractivity (Wildman–Crippen MR) is 158 cm³/mol. The fraction of sp³-hybridized carbons (Fsp3) is 0.172. The molecular formula is C29H24IN3O5S. The van der Waals surface area contributed by atoms with Crippen molar-refractivity contribution in [2.24, 2.45) is 0 Å². The number of thioether (sulfide) groups is 1. The van der Waals surface area contributed by atoms with Crippen molar-refractivity contribution < 1.29 is 23.9 Å². The summed E-state index contributed by atoms with van der Waals surface area (Å²) in [6, 6.07) is 18.5. The lowest BCUT2D eigenvalue weighted by atomic mass is 10.1. The second-order valence-corrected chi connectivity index (χ2v) is 10.9. The minimum Gasteiger partial charge on any atom is -0.493 e. The number of halogens is 1. The van der Waals surface area contributed by atoms with Crippen LogP contribution in [-0.4, -0.2) is 35.6 Å². The van der Waals surface area contributed by atoms with Crippen molar-refractivity contribution in [3.05, 3.63) is 90.9 Å². The molecule has 0 spiro atoms. The van der Waals surface area contributed by atoms with Crippen LogP contribution in [0.25, 0.3) is 6.08 Å². The summed E-state index contributed by atoms with van der Waals surface area (Å²) in [5.41, 5.74) is 4.42. The van der Waals surface area contributed by atoms with Crippen molar-refractivity contribution in [3.8, 4) is 17.6 Å². The highest BCUT2D eigenvalue weighted by Crippen LogP contribution is 2.37. The molecule has 0 aromatic heterocycles. The number of methoxy groups -OCH3 is 1. The lowest BCUT2D eigenvalue weighted by molar-refractivity contribution is -0.127. The van der Waals surface area contributed by atoms with Crippen LogP contribution in [0.4, 0.5) is 10.5 Å². The Morgan fingerprint density at radius 3 is 2.67 bits per heavy atom. The second kappa shape index (κ2) is 12.4. The van der Waals surface area contributed by atoms with Gasteiger partial charge in [0, 0.05) is 11.3 Å². The van der Waals surface area contributed by atoms with Gasteiger partial charge in [-0.2, -0.15) is 5.26 Å². The smallest absolute Gasteiger partial charge is 0.294 e. The van der Waals surface area contributed by atoms with E-state index in [4.69, 9.17) is 9.47 Å². The van der Waals surface area contributed by atoms with E-state index in [2.05, 4.69) is 34.0 Å². The highest BCUT2D eigenvalue weighted by atomic mass is 127. The van der Waals surface area contributed by atoms with Gasteiger partial charge in [-0.05, 0) is 95.2 Å². The molecule has 4 rings (SSSR count). The summed E-state index contributed by atoms with van der Waals surface area (Å²) in [5.74, 6) is -0.0552. The summed E-state index contributed by atoms with van der Waals surface area (Å²) in [4.78, 5) is 39.4. The van der Waals surface area contributed by atoms with E-state index < -0.39 is 17.1 Å². The molecule has 3 aromatic carbocycles. The first-order chi connectivity index (χ1) is 18.7. The number of ether oxygens (including phenoxy) is 2. The van der Waals surface area contributed by atoms with Crippen molar-refractivity contribution in [3.63, 3.8) is 0 Å². The van der Waals surface area contributed by atoms with Crippen molar-refractivity contribution in [2.45, 2.75) is 20.5 Å². The molecule has 3 amide bonds. The van der Waals surface area contributed by atoms with Crippen LogP contribution in [0.15, 0.2) is 59.5 Å². The molecule has 1 fully saturated rings. The summed E-state index contributed by atoms with van der Waals surface area (Å²) in [6.45, 7) is 3.58. The predicted octanol–water partition coefficient (Wildman–Crippen LogP) is 6.04. The molecule has 3 aromatic rings. The lowest BCUT2D eigenvalue weighted by Crippen LogP contribution is -2.36. The number of rotatable bonds is 8. The van der Waals surface area contributed by atoms with E-state index >= 15 is 0 Å². The van der Waals surface area contributed by atoms with Gasteiger partial charge in [0.2, 0.25) is 5.91 Å². The molecule has 10 heteroatoms. The van der Waals surface area contributed by atoms with E-state index in [1.165, 1.54) is 7.11 Å². The molecule has 8 nitrogen and oxygen atoms in total. The number of amides is 3. The van der Waals surface area contributed by atoms with Gasteiger partial charge < -0.3 is 14.8 Å². The molecule has 0 unspecified atom stereocenters. The van der Waals surface area contributed by atoms with E-state index in [0.717, 1.165) is 36.9 Å². The van der Waals surface area contributed by atoms with Crippen LogP contribution in [0.3, 0.4) is 0 Å². The number of nitrogens with one attached hydrogen (secondary N) is 1. The maximum absolute atomic E-state index is 13.0. The standard InChI is InChI=1S/C29H24IN3O5S/c1-17-8-9-18(2)23(10-17)32-26(34)15-33-28(35)25(39-29(33)36)13-19-11-22(30)27(24(12-19)37-3)38-16-21-7-5-4-6-20(21)14-31/h4-13H,15-16H2,1-3H3,(H,32,34)/b25-13+. The van der Waals surface area contributed by atoms with Crippen LogP contribution in [0, 0.1) is 28.7 Å². The van der Waals surface area contributed by atoms with E-state index in [1.807, 2.05) is 44.2 Å². The Morgan fingerprint density at radius 2 is 1.92 bits per heavy atom. The summed E-state index contributed by atoms with van der Waals surface area (Å²) in [5, 5.41) is 11.6. The third kappa shape index (κ3) is 6.61. The lowest BCUT2D eigenvalue weighted by Gasteiger charge is -2.15. The zero-order chi connectivity index (χ0) is 28.1. The maximum Gasteiger partial charge on any atom is 0.294 e. The summed E-state index contributed by atoms with van der Waals surface area (Å²) >= 11 is 2.88. The molecule has 0 radical (unpaired) electrons. The molecule has 1 N–H and O–H groups in total. The molecule has 1 heterocycles. The molecule has 0 atom stereocenters. The van der Waals surface area contributed by atoms with Crippen LogP contribution in [0.5, 0.6) is 11.5 Å². The molecule has 1 aliphatic heterocycles. The van der Waals surface area contributed by atoms with Gasteiger partial charge in [0.05, 0.1) is 27.2 Å². The Morgan fingerprint density at radius 1 is 1.15 bits per heavy atom. The van der Waals surface area contributed by atoms with Crippen LogP contribution < -0.4 is 14.8 Å². The van der Waals surface area contributed by atoms with Gasteiger partial charge in [0.15, 0.2) is 11.5 Å². The Balaban J connectivity index is 1.49. The van der Waals surface area contributed by atoms with Gasteiger partial charge in [-0.15, -0.1) is 0 Å². The summed E-state index contributed by atoms with van der Waals surface area (Å²) in [7, 11) is 1.51. The van der Waals surface area contributed by atoms with Gasteiger partial charge >= 0.3 is 0 Å². The molecule has 0 saturated carbocycles. The monoisotopic (exact) mass is 653 g/mol. The Labute approximate surface area is 244 Å². The number of aryl methyl sites for hydroxylation is 2. The van der Waals surface area contributed by atoms with Crippen molar-refractivity contribution >= 4 is 63.2 Å². The molecule has 1 saturated heterocycles. The van der Waals surface area contributed by atoms with Crippen molar-refractivity contribution in [1.29, 1.82) is 5.26 Å². The first-order valence-corrected chi connectivity index (χ1v) is 13.7. The number of carbonyl (C=O) groups excluding carboxylic acids is 3. The van der Waals surface area contributed by atoms with E-state index in [0.29, 0.717) is 28.3 Å². The molecular weight excluding hydrogens is 629 g/mol. The zero-order valence-electron chi connectivity index (χ0n) is 21.4. The quantitative estimate of drug-likeness (QED) is 0.233. The van der Waals surface area contributed by atoms with E-state index in [1.54, 1.807) is 30.3 Å². The first kappa shape index (κ1) is 28.2. The van der Waals surface area contributed by atoms with Gasteiger partial charge in [-0.25, -0.2) is 0 Å². The molecule has 1 aliphatic rings. The molecule has 198 valence electrons. The number of nitrogens with zero attached hydrogens (tertiary/aromatic N) is 2. The molecule has 0 bridgehead atoms. The Bertz CT molecular complexity index is 1550. The molecule has 39 heavy (non-hydrogen) atoms. The minimum absolute atomic E-state index is 0.179. The largest absolute Gasteiger partial charge is 0.493 e. The molecule has 0 aliphatic carbocycles. The van der Waals surface area contributed by atoms with E-state index in [9.17, 15) is 19.6 Å². The average Bonchev–Trinajstić information content (AvgIpc) is 3.17. The van der Waals surface area contributed by atoms with Crippen molar-refractivity contribution in [2.75, 3.05) is 19.0 Å². The topological polar surface area (TPSA) is 109 Å².